The Kier molecular flexibility index (Phi) is 7.17. The van der Waals surface area contributed by atoms with E-state index in [2.05, 4.69) is 27.0 Å². The second-order valence-electron chi connectivity index (χ2n) is 6.53. The van der Waals surface area contributed by atoms with Crippen LogP contribution in [-0.2, 0) is 11.2 Å². The molecule has 0 saturated carbocycles. The van der Waals surface area contributed by atoms with Crippen molar-refractivity contribution in [3.05, 3.63) is 52.2 Å². The summed E-state index contributed by atoms with van der Waals surface area (Å²) >= 11 is 1.65. The molecule has 0 spiro atoms. The van der Waals surface area contributed by atoms with Crippen molar-refractivity contribution in [2.75, 3.05) is 40.1 Å². The van der Waals surface area contributed by atoms with E-state index >= 15 is 0 Å². The predicted molar refractivity (Wildman–Crippen MR) is 107 cm³/mol. The van der Waals surface area contributed by atoms with E-state index in [-0.39, 0.29) is 18.0 Å². The summed E-state index contributed by atoms with van der Waals surface area (Å²) < 4.78 is 0. The number of thiophene rings is 1. The van der Waals surface area contributed by atoms with E-state index in [0.717, 1.165) is 5.56 Å². The molecule has 26 heavy (non-hydrogen) atoms. The monoisotopic (exact) mass is 374 g/mol. The van der Waals surface area contributed by atoms with E-state index in [1.54, 1.807) is 42.5 Å². The summed E-state index contributed by atoms with van der Waals surface area (Å²) in [5.74, 6) is 0.0478. The quantitative estimate of drug-likeness (QED) is 0.783. The first-order chi connectivity index (χ1) is 12.4. The van der Waals surface area contributed by atoms with Crippen LogP contribution in [0.1, 0.15) is 17.2 Å². The van der Waals surface area contributed by atoms with Crippen molar-refractivity contribution in [2.45, 2.75) is 12.5 Å². The van der Waals surface area contributed by atoms with Crippen molar-refractivity contribution < 1.29 is 9.59 Å². The van der Waals surface area contributed by atoms with Crippen LogP contribution >= 0.6 is 11.3 Å². The van der Waals surface area contributed by atoms with Crippen LogP contribution in [-0.4, -0.2) is 56.5 Å². The molecule has 3 amide bonds. The van der Waals surface area contributed by atoms with Gasteiger partial charge in [0.2, 0.25) is 5.91 Å². The zero-order valence-corrected chi connectivity index (χ0v) is 16.5. The van der Waals surface area contributed by atoms with Gasteiger partial charge in [0, 0.05) is 26.3 Å². The number of hydrogen-bond donors (Lipinski definition) is 2. The summed E-state index contributed by atoms with van der Waals surface area (Å²) in [7, 11) is 7.46. The third-order valence-corrected chi connectivity index (χ3v) is 4.77. The normalized spacial score (nSPS) is 11.9. The highest BCUT2D eigenvalue weighted by atomic mass is 32.1. The number of nitrogens with zero attached hydrogens (tertiary/aromatic N) is 2. The minimum atomic E-state index is -0.246. The number of benzene rings is 1. The number of likely N-dealkylation sites (N-methyl/N-ethyl adjacent to an activating group) is 2. The smallest absolute Gasteiger partial charge is 0.319 e. The number of carbonyl (C=O) groups excluding carboxylic acids is 2. The molecule has 0 aliphatic rings. The molecule has 1 unspecified atom stereocenters. The molecule has 1 aromatic heterocycles. The van der Waals surface area contributed by atoms with Gasteiger partial charge < -0.3 is 20.4 Å². The van der Waals surface area contributed by atoms with Gasteiger partial charge in [0.05, 0.1) is 12.5 Å². The van der Waals surface area contributed by atoms with Gasteiger partial charge in [-0.2, -0.15) is 11.3 Å². The molecule has 0 aliphatic carbocycles. The summed E-state index contributed by atoms with van der Waals surface area (Å²) in [6.45, 7) is 0.519. The first-order valence-electron chi connectivity index (χ1n) is 8.39. The molecule has 0 fully saturated rings. The van der Waals surface area contributed by atoms with Gasteiger partial charge in [-0.05, 0) is 54.2 Å². The van der Waals surface area contributed by atoms with Crippen LogP contribution < -0.4 is 10.6 Å². The fourth-order valence-corrected chi connectivity index (χ4v) is 3.17. The Morgan fingerprint density at radius 3 is 2.31 bits per heavy atom. The average molecular weight is 375 g/mol. The van der Waals surface area contributed by atoms with E-state index in [0.29, 0.717) is 18.7 Å². The third-order valence-electron chi connectivity index (χ3n) is 4.07. The number of hydrogen-bond acceptors (Lipinski definition) is 4. The van der Waals surface area contributed by atoms with Crippen LogP contribution in [0.3, 0.4) is 0 Å². The highest BCUT2D eigenvalue weighted by Gasteiger charge is 2.15. The number of anilines is 1. The zero-order valence-electron chi connectivity index (χ0n) is 15.7. The summed E-state index contributed by atoms with van der Waals surface area (Å²) in [5, 5.41) is 9.87. The Balaban J connectivity index is 1.86. The first-order valence-corrected chi connectivity index (χ1v) is 9.33. The van der Waals surface area contributed by atoms with Gasteiger partial charge in [0.15, 0.2) is 0 Å². The van der Waals surface area contributed by atoms with Crippen LogP contribution in [0.5, 0.6) is 0 Å². The fourth-order valence-electron chi connectivity index (χ4n) is 2.47. The molecule has 1 atom stereocenters. The lowest BCUT2D eigenvalue weighted by Crippen LogP contribution is -2.36. The Morgan fingerprint density at radius 2 is 1.77 bits per heavy atom. The van der Waals surface area contributed by atoms with Crippen molar-refractivity contribution in [3.8, 4) is 0 Å². The van der Waals surface area contributed by atoms with E-state index in [1.807, 2.05) is 31.6 Å². The number of nitrogens with one attached hydrogen (secondary N) is 2. The first kappa shape index (κ1) is 19.9. The highest BCUT2D eigenvalue weighted by Crippen LogP contribution is 2.20. The molecule has 2 rings (SSSR count). The second-order valence-corrected chi connectivity index (χ2v) is 7.31. The number of urea groups is 1. The molecule has 0 saturated heterocycles. The Morgan fingerprint density at radius 1 is 1.08 bits per heavy atom. The molecule has 2 aromatic rings. The minimum absolute atomic E-state index is 0.0478. The van der Waals surface area contributed by atoms with Crippen molar-refractivity contribution in [3.63, 3.8) is 0 Å². The van der Waals surface area contributed by atoms with Gasteiger partial charge in [-0.15, -0.1) is 0 Å². The van der Waals surface area contributed by atoms with Crippen LogP contribution in [0.2, 0.25) is 0 Å². The summed E-state index contributed by atoms with van der Waals surface area (Å²) in [6.07, 6.45) is 0.352. The maximum Gasteiger partial charge on any atom is 0.319 e. The number of amides is 3. The average Bonchev–Trinajstić information content (AvgIpc) is 3.10. The number of rotatable bonds is 7. The topological polar surface area (TPSA) is 64.7 Å². The molecule has 6 nitrogen and oxygen atoms in total. The van der Waals surface area contributed by atoms with Crippen molar-refractivity contribution in [1.82, 2.24) is 15.1 Å². The van der Waals surface area contributed by atoms with Gasteiger partial charge in [-0.1, -0.05) is 12.1 Å². The maximum absolute atomic E-state index is 12.2. The lowest BCUT2D eigenvalue weighted by atomic mass is 10.1. The molecule has 140 valence electrons. The lowest BCUT2D eigenvalue weighted by molar-refractivity contribution is -0.127. The molecular formula is C19H26N4O2S. The molecule has 2 N–H and O–H groups in total. The minimum Gasteiger partial charge on any atom is -0.349 e. The van der Waals surface area contributed by atoms with E-state index in [4.69, 9.17) is 0 Å². The summed E-state index contributed by atoms with van der Waals surface area (Å²) in [6, 6.07) is 9.27. The summed E-state index contributed by atoms with van der Waals surface area (Å²) in [5.41, 5.74) is 2.80. The Bertz CT molecular complexity index is 712. The zero-order chi connectivity index (χ0) is 19.1. The molecular weight excluding hydrogens is 348 g/mol. The van der Waals surface area contributed by atoms with E-state index < -0.39 is 0 Å². The Labute approximate surface area is 158 Å². The van der Waals surface area contributed by atoms with Crippen LogP contribution in [0, 0.1) is 0 Å². The van der Waals surface area contributed by atoms with Crippen molar-refractivity contribution in [1.29, 1.82) is 0 Å². The molecule has 0 aliphatic heterocycles. The largest absolute Gasteiger partial charge is 0.349 e. The van der Waals surface area contributed by atoms with Gasteiger partial charge in [-0.25, -0.2) is 4.79 Å². The van der Waals surface area contributed by atoms with E-state index in [9.17, 15) is 9.59 Å². The van der Waals surface area contributed by atoms with E-state index in [1.165, 1.54) is 5.56 Å². The Hall–Kier alpha value is -2.38. The van der Waals surface area contributed by atoms with Crippen molar-refractivity contribution in [2.24, 2.45) is 0 Å². The maximum atomic E-state index is 12.2. The van der Waals surface area contributed by atoms with Crippen LogP contribution in [0.15, 0.2) is 41.1 Å². The molecule has 7 heteroatoms. The third kappa shape index (κ3) is 5.86. The second kappa shape index (κ2) is 9.35. The molecule has 1 heterocycles. The standard InChI is InChI=1S/C19H26N4O2S/c1-22(2)17(15-9-10-26-13-15)12-20-19(25)21-16-7-5-14(6-8-16)11-18(24)23(3)4/h5-10,13,17H,11-12H2,1-4H3,(H2,20,21,25). The highest BCUT2D eigenvalue weighted by molar-refractivity contribution is 7.07. The molecule has 1 aromatic carbocycles. The molecule has 0 bridgehead atoms. The predicted octanol–water partition coefficient (Wildman–Crippen LogP) is 2.80. The SMILES string of the molecule is CN(C)C(=O)Cc1ccc(NC(=O)NCC(c2ccsc2)N(C)C)cc1. The van der Waals surface area contributed by atoms with Gasteiger partial charge in [-0.3, -0.25) is 4.79 Å². The number of carbonyl (C=O) groups is 2. The lowest BCUT2D eigenvalue weighted by Gasteiger charge is -2.24. The van der Waals surface area contributed by atoms with Crippen molar-refractivity contribution >= 4 is 29.0 Å². The van der Waals surface area contributed by atoms with Gasteiger partial charge >= 0.3 is 6.03 Å². The fraction of sp³-hybridized carbons (Fsp3) is 0.368. The summed E-state index contributed by atoms with van der Waals surface area (Å²) in [4.78, 5) is 27.5. The van der Waals surface area contributed by atoms with Crippen LogP contribution in [0.4, 0.5) is 10.5 Å². The van der Waals surface area contributed by atoms with Crippen LogP contribution in [0.25, 0.3) is 0 Å². The van der Waals surface area contributed by atoms with Gasteiger partial charge in [0.1, 0.15) is 0 Å². The van der Waals surface area contributed by atoms with Gasteiger partial charge in [0.25, 0.3) is 0 Å². The molecule has 0 radical (unpaired) electrons.